The molecule has 11 heteroatoms. The van der Waals surface area contributed by atoms with Gasteiger partial charge in [-0.1, -0.05) is 0 Å². The molecule has 1 fully saturated rings. The van der Waals surface area contributed by atoms with Crippen LogP contribution in [0.3, 0.4) is 0 Å². The van der Waals surface area contributed by atoms with Gasteiger partial charge >= 0.3 is 10.1 Å². The molecule has 24 heavy (non-hydrogen) atoms. The van der Waals surface area contributed by atoms with Crippen molar-refractivity contribution in [1.29, 1.82) is 0 Å². The van der Waals surface area contributed by atoms with Gasteiger partial charge in [-0.2, -0.15) is 8.42 Å². The number of alkyl halides is 2. The Kier molecular flexibility index (Phi) is 4.91. The summed E-state index contributed by atoms with van der Waals surface area (Å²) in [6, 6.07) is 3.57. The van der Waals surface area contributed by atoms with Crippen molar-refractivity contribution in [1.82, 2.24) is 0 Å². The van der Waals surface area contributed by atoms with Crippen LogP contribution in [0.5, 0.6) is 0 Å². The highest BCUT2D eigenvalue weighted by molar-refractivity contribution is 7.86. The first-order valence-electron chi connectivity index (χ1n) is 6.96. The van der Waals surface area contributed by atoms with E-state index in [0.29, 0.717) is 0 Å². The van der Waals surface area contributed by atoms with Gasteiger partial charge in [0, 0.05) is 30.9 Å². The van der Waals surface area contributed by atoms with Gasteiger partial charge in [0.05, 0.1) is 9.82 Å². The SMILES string of the molecule is O=[N+]([O-])c1ccc(S(=O)(=O)OC(O)(O)C2CCC(F)(F)CC2)cc1. The summed E-state index contributed by atoms with van der Waals surface area (Å²) in [7, 11) is -4.65. The van der Waals surface area contributed by atoms with Crippen LogP contribution in [0, 0.1) is 16.0 Å². The van der Waals surface area contributed by atoms with E-state index in [0.717, 1.165) is 24.3 Å². The zero-order valence-corrected chi connectivity index (χ0v) is 13.1. The lowest BCUT2D eigenvalue weighted by atomic mass is 9.85. The van der Waals surface area contributed by atoms with E-state index >= 15 is 0 Å². The molecular weight excluding hydrogens is 352 g/mol. The molecule has 0 amide bonds. The fourth-order valence-corrected chi connectivity index (χ4v) is 3.45. The largest absolute Gasteiger partial charge is 0.342 e. The van der Waals surface area contributed by atoms with Gasteiger partial charge in [-0.05, 0) is 25.0 Å². The maximum absolute atomic E-state index is 13.1. The predicted octanol–water partition coefficient (Wildman–Crippen LogP) is 1.76. The predicted molar refractivity (Wildman–Crippen MR) is 75.4 cm³/mol. The summed E-state index contributed by atoms with van der Waals surface area (Å²) in [5, 5.41) is 30.2. The number of nitrogens with zero attached hydrogens (tertiary/aromatic N) is 1. The van der Waals surface area contributed by atoms with Crippen LogP contribution in [-0.4, -0.2) is 35.4 Å². The molecule has 0 saturated heterocycles. The number of rotatable bonds is 5. The highest BCUT2D eigenvalue weighted by atomic mass is 32.2. The van der Waals surface area contributed by atoms with Crippen molar-refractivity contribution in [3.8, 4) is 0 Å². The molecule has 0 unspecified atom stereocenters. The third kappa shape index (κ3) is 4.23. The van der Waals surface area contributed by atoms with Crippen molar-refractivity contribution in [2.75, 3.05) is 0 Å². The van der Waals surface area contributed by atoms with Crippen molar-refractivity contribution in [3.05, 3.63) is 34.4 Å². The maximum Gasteiger partial charge on any atom is 0.301 e. The third-order valence-corrected chi connectivity index (χ3v) is 5.13. The topological polar surface area (TPSA) is 127 Å². The molecule has 1 saturated carbocycles. The Labute approximate surface area is 136 Å². The molecule has 1 aliphatic rings. The van der Waals surface area contributed by atoms with E-state index in [2.05, 4.69) is 4.18 Å². The molecule has 0 spiro atoms. The van der Waals surface area contributed by atoms with Crippen molar-refractivity contribution >= 4 is 15.8 Å². The van der Waals surface area contributed by atoms with Crippen LogP contribution >= 0.6 is 0 Å². The Morgan fingerprint density at radius 1 is 1.21 bits per heavy atom. The number of non-ortho nitro benzene ring substituents is 1. The van der Waals surface area contributed by atoms with E-state index in [9.17, 15) is 37.5 Å². The van der Waals surface area contributed by atoms with Crippen LogP contribution in [0.4, 0.5) is 14.5 Å². The summed E-state index contributed by atoms with van der Waals surface area (Å²) in [6.45, 7) is 0. The monoisotopic (exact) mass is 367 g/mol. The summed E-state index contributed by atoms with van der Waals surface area (Å²) >= 11 is 0. The number of hydrogen-bond acceptors (Lipinski definition) is 7. The Bertz CT molecular complexity index is 708. The fourth-order valence-electron chi connectivity index (χ4n) is 2.43. The van der Waals surface area contributed by atoms with Crippen LogP contribution in [0.15, 0.2) is 29.2 Å². The van der Waals surface area contributed by atoms with Gasteiger partial charge in [0.15, 0.2) is 0 Å². The van der Waals surface area contributed by atoms with Crippen LogP contribution in [0.2, 0.25) is 0 Å². The van der Waals surface area contributed by atoms with Crippen LogP contribution in [0.1, 0.15) is 25.7 Å². The molecule has 0 aromatic heterocycles. The standard InChI is InChI=1S/C13H15F2NO7S/c14-12(15)7-5-9(6-8-12)13(17,18)23-24(21,22)11-3-1-10(2-4-11)16(19)20/h1-4,9,17-18H,5-8H2. The summed E-state index contributed by atoms with van der Waals surface area (Å²) in [6.07, 6.45) is -1.87. The van der Waals surface area contributed by atoms with Crippen LogP contribution in [-0.2, 0) is 14.3 Å². The average molecular weight is 367 g/mol. The van der Waals surface area contributed by atoms with Crippen molar-refractivity contribution in [2.24, 2.45) is 5.92 Å². The van der Waals surface area contributed by atoms with Gasteiger partial charge in [0.1, 0.15) is 0 Å². The molecule has 0 atom stereocenters. The summed E-state index contributed by atoms with van der Waals surface area (Å²) in [5.41, 5.74) is -0.359. The van der Waals surface area contributed by atoms with Crippen LogP contribution in [0.25, 0.3) is 0 Å². The van der Waals surface area contributed by atoms with E-state index < -0.39 is 50.6 Å². The van der Waals surface area contributed by atoms with Crippen molar-refractivity contribution < 1.29 is 36.5 Å². The third-order valence-electron chi connectivity index (χ3n) is 3.82. The lowest BCUT2D eigenvalue weighted by molar-refractivity contribution is -0.384. The Morgan fingerprint density at radius 3 is 2.17 bits per heavy atom. The van der Waals surface area contributed by atoms with Gasteiger partial charge in [-0.15, -0.1) is 0 Å². The van der Waals surface area contributed by atoms with Crippen LogP contribution < -0.4 is 0 Å². The fraction of sp³-hybridized carbons (Fsp3) is 0.538. The maximum atomic E-state index is 13.1. The normalized spacial score (nSPS) is 19.2. The second-order valence-electron chi connectivity index (χ2n) is 5.58. The number of halogens is 2. The average Bonchev–Trinajstić information content (AvgIpc) is 2.45. The first-order chi connectivity index (χ1) is 10.9. The van der Waals surface area contributed by atoms with E-state index in [1.807, 2.05) is 0 Å². The second kappa shape index (κ2) is 6.31. The van der Waals surface area contributed by atoms with Gasteiger partial charge in [-0.3, -0.25) is 10.1 Å². The summed E-state index contributed by atoms with van der Waals surface area (Å²) in [5.74, 6) is -7.27. The Hall–Kier alpha value is -1.69. The van der Waals surface area contributed by atoms with Gasteiger partial charge in [0.25, 0.3) is 11.7 Å². The van der Waals surface area contributed by atoms with E-state index in [4.69, 9.17) is 0 Å². The highest BCUT2D eigenvalue weighted by Gasteiger charge is 2.46. The zero-order valence-electron chi connectivity index (χ0n) is 12.3. The Morgan fingerprint density at radius 2 is 1.71 bits per heavy atom. The van der Waals surface area contributed by atoms with Gasteiger partial charge in [0.2, 0.25) is 5.92 Å². The van der Waals surface area contributed by atoms with Gasteiger partial charge in [-0.25, -0.2) is 13.0 Å². The minimum Gasteiger partial charge on any atom is -0.342 e. The molecule has 0 radical (unpaired) electrons. The lowest BCUT2D eigenvalue weighted by Gasteiger charge is -2.35. The molecular formula is C13H15F2NO7S. The number of aliphatic hydroxyl groups is 2. The molecule has 0 aliphatic heterocycles. The molecule has 134 valence electrons. The molecule has 1 aliphatic carbocycles. The Balaban J connectivity index is 2.14. The molecule has 2 rings (SSSR count). The summed E-state index contributed by atoms with van der Waals surface area (Å²) in [4.78, 5) is 9.27. The number of hydrogen-bond donors (Lipinski definition) is 2. The van der Waals surface area contributed by atoms with E-state index in [1.165, 1.54) is 0 Å². The first kappa shape index (κ1) is 18.6. The van der Waals surface area contributed by atoms with E-state index in [-0.39, 0.29) is 18.5 Å². The number of nitro benzene ring substituents is 1. The lowest BCUT2D eigenvalue weighted by Crippen LogP contribution is -2.45. The minimum absolute atomic E-state index is 0.324. The number of benzene rings is 1. The smallest absolute Gasteiger partial charge is 0.301 e. The molecule has 1 aromatic carbocycles. The molecule has 0 bridgehead atoms. The van der Waals surface area contributed by atoms with Gasteiger partial charge < -0.3 is 10.2 Å². The molecule has 0 heterocycles. The zero-order chi connectivity index (χ0) is 18.2. The summed E-state index contributed by atoms with van der Waals surface area (Å²) < 4.78 is 54.7. The quantitative estimate of drug-likeness (QED) is 0.351. The van der Waals surface area contributed by atoms with Crippen molar-refractivity contribution in [2.45, 2.75) is 42.5 Å². The molecule has 8 nitrogen and oxygen atoms in total. The highest BCUT2D eigenvalue weighted by Crippen LogP contribution is 2.41. The molecule has 1 aromatic rings. The number of nitro groups is 1. The minimum atomic E-state index is -4.65. The van der Waals surface area contributed by atoms with E-state index in [1.54, 1.807) is 0 Å². The molecule has 2 N–H and O–H groups in total. The van der Waals surface area contributed by atoms with Crippen molar-refractivity contribution in [3.63, 3.8) is 0 Å². The second-order valence-corrected chi connectivity index (χ2v) is 7.12. The first-order valence-corrected chi connectivity index (χ1v) is 8.36.